The van der Waals surface area contributed by atoms with Gasteiger partial charge < -0.3 is 0 Å². The molecule has 7 heteroatoms. The minimum absolute atomic E-state index is 0.123. The van der Waals surface area contributed by atoms with Crippen molar-refractivity contribution in [1.29, 1.82) is 0 Å². The molecule has 0 aliphatic heterocycles. The summed E-state index contributed by atoms with van der Waals surface area (Å²) in [4.78, 5) is 15.8. The fourth-order valence-electron chi connectivity index (χ4n) is 1.57. The van der Waals surface area contributed by atoms with E-state index in [-0.39, 0.29) is 16.5 Å². The molecule has 0 unspecified atom stereocenters. The summed E-state index contributed by atoms with van der Waals surface area (Å²) in [6, 6.07) is 3.52. The highest BCUT2D eigenvalue weighted by Gasteiger charge is 2.35. The SMILES string of the molecule is O=C(Cc1nccs1)c1ccc(Br)cc1C(F)(F)F. The first kappa shape index (κ1) is 14.2. The average Bonchev–Trinajstić information content (AvgIpc) is 2.80. The van der Waals surface area contributed by atoms with E-state index in [4.69, 9.17) is 0 Å². The fourth-order valence-corrected chi connectivity index (χ4v) is 2.54. The van der Waals surface area contributed by atoms with Crippen molar-refractivity contribution in [2.45, 2.75) is 12.6 Å². The molecule has 1 aromatic heterocycles. The second-order valence-electron chi connectivity index (χ2n) is 3.71. The van der Waals surface area contributed by atoms with E-state index in [9.17, 15) is 18.0 Å². The molecule has 2 rings (SSSR count). The molecule has 100 valence electrons. The first-order valence-corrected chi connectivity index (χ1v) is 6.83. The van der Waals surface area contributed by atoms with Crippen molar-refractivity contribution >= 4 is 33.0 Å². The van der Waals surface area contributed by atoms with Gasteiger partial charge in [0.2, 0.25) is 0 Å². The highest BCUT2D eigenvalue weighted by Crippen LogP contribution is 2.34. The summed E-state index contributed by atoms with van der Waals surface area (Å²) in [6.07, 6.45) is -3.17. The van der Waals surface area contributed by atoms with Crippen LogP contribution in [0, 0.1) is 0 Å². The zero-order valence-electron chi connectivity index (χ0n) is 9.37. The first-order chi connectivity index (χ1) is 8.88. The molecule has 0 aliphatic carbocycles. The third-order valence-corrected chi connectivity index (χ3v) is 3.66. The number of nitrogens with zero attached hydrogens (tertiary/aromatic N) is 1. The van der Waals surface area contributed by atoms with Crippen molar-refractivity contribution in [2.24, 2.45) is 0 Å². The Balaban J connectivity index is 2.36. The molecule has 0 radical (unpaired) electrons. The summed E-state index contributed by atoms with van der Waals surface area (Å²) < 4.78 is 38.9. The topological polar surface area (TPSA) is 30.0 Å². The van der Waals surface area contributed by atoms with Crippen LogP contribution in [-0.2, 0) is 12.6 Å². The maximum absolute atomic E-state index is 12.9. The molecule has 0 aliphatic rings. The number of ketones is 1. The summed E-state index contributed by atoms with van der Waals surface area (Å²) in [5.41, 5.74) is -1.26. The Kier molecular flexibility index (Phi) is 4.05. The van der Waals surface area contributed by atoms with E-state index in [2.05, 4.69) is 20.9 Å². The normalized spacial score (nSPS) is 11.6. The number of carbonyl (C=O) groups is 1. The molecule has 0 amide bonds. The van der Waals surface area contributed by atoms with Gasteiger partial charge in [0.1, 0.15) is 5.01 Å². The van der Waals surface area contributed by atoms with Crippen molar-refractivity contribution < 1.29 is 18.0 Å². The molecule has 2 aromatic rings. The Morgan fingerprint density at radius 3 is 2.68 bits per heavy atom. The molecule has 0 saturated heterocycles. The summed E-state index contributed by atoms with van der Waals surface area (Å²) in [5, 5.41) is 2.18. The number of thiazole rings is 1. The van der Waals surface area contributed by atoms with Gasteiger partial charge >= 0.3 is 6.18 Å². The summed E-state index contributed by atoms with van der Waals surface area (Å²) in [7, 11) is 0. The third-order valence-electron chi connectivity index (χ3n) is 2.38. The first-order valence-electron chi connectivity index (χ1n) is 5.16. The van der Waals surface area contributed by atoms with Crippen LogP contribution in [0.25, 0.3) is 0 Å². The van der Waals surface area contributed by atoms with Gasteiger partial charge in [0.25, 0.3) is 0 Å². The highest BCUT2D eigenvalue weighted by atomic mass is 79.9. The number of hydrogen-bond acceptors (Lipinski definition) is 3. The largest absolute Gasteiger partial charge is 0.417 e. The lowest BCUT2D eigenvalue weighted by Gasteiger charge is -2.12. The number of rotatable bonds is 3. The van der Waals surface area contributed by atoms with E-state index >= 15 is 0 Å². The van der Waals surface area contributed by atoms with Gasteiger partial charge in [-0.15, -0.1) is 11.3 Å². The lowest BCUT2D eigenvalue weighted by Crippen LogP contribution is -2.14. The third kappa shape index (κ3) is 3.42. The predicted octanol–water partition coefficient (Wildman–Crippen LogP) is 4.35. The lowest BCUT2D eigenvalue weighted by molar-refractivity contribution is -0.138. The zero-order chi connectivity index (χ0) is 14.0. The highest BCUT2D eigenvalue weighted by molar-refractivity contribution is 9.10. The van der Waals surface area contributed by atoms with E-state index in [0.717, 1.165) is 6.07 Å². The number of benzene rings is 1. The second kappa shape index (κ2) is 5.42. The van der Waals surface area contributed by atoms with Gasteiger partial charge in [0.15, 0.2) is 5.78 Å². The van der Waals surface area contributed by atoms with Crippen molar-refractivity contribution in [1.82, 2.24) is 4.98 Å². The fraction of sp³-hybridized carbons (Fsp3) is 0.167. The van der Waals surface area contributed by atoms with E-state index in [0.29, 0.717) is 5.01 Å². The molecular weight excluding hydrogens is 343 g/mol. The molecule has 1 aromatic carbocycles. The second-order valence-corrected chi connectivity index (χ2v) is 5.61. The quantitative estimate of drug-likeness (QED) is 0.771. The molecule has 0 atom stereocenters. The molecule has 19 heavy (non-hydrogen) atoms. The standard InChI is InChI=1S/C12H7BrF3NOS/c13-7-1-2-8(9(5-7)12(14,15)16)10(18)6-11-17-3-4-19-11/h1-5H,6H2. The Labute approximate surface area is 119 Å². The van der Waals surface area contributed by atoms with E-state index in [1.165, 1.54) is 29.7 Å². The van der Waals surface area contributed by atoms with Gasteiger partial charge in [0, 0.05) is 21.6 Å². The van der Waals surface area contributed by atoms with Gasteiger partial charge in [0.05, 0.1) is 12.0 Å². The Bertz CT molecular complexity index is 596. The maximum atomic E-state index is 12.9. The van der Waals surface area contributed by atoms with E-state index < -0.39 is 17.5 Å². The molecule has 0 fully saturated rings. The van der Waals surface area contributed by atoms with Gasteiger partial charge in [-0.05, 0) is 18.2 Å². The Morgan fingerprint density at radius 1 is 1.37 bits per heavy atom. The number of carbonyl (C=O) groups excluding carboxylic acids is 1. The molecule has 1 heterocycles. The van der Waals surface area contributed by atoms with Crippen LogP contribution >= 0.6 is 27.3 Å². The lowest BCUT2D eigenvalue weighted by atomic mass is 10.0. The Morgan fingerprint density at radius 2 is 2.11 bits per heavy atom. The summed E-state index contributed by atoms with van der Waals surface area (Å²) in [5.74, 6) is -0.588. The predicted molar refractivity (Wildman–Crippen MR) is 69.3 cm³/mol. The summed E-state index contributed by atoms with van der Waals surface area (Å²) >= 11 is 4.22. The van der Waals surface area contributed by atoms with Crippen LogP contribution in [0.4, 0.5) is 13.2 Å². The van der Waals surface area contributed by atoms with E-state index in [1.54, 1.807) is 5.38 Å². The molecule has 0 spiro atoms. The Hall–Kier alpha value is -1.21. The molecule has 0 N–H and O–H groups in total. The average molecular weight is 350 g/mol. The number of aromatic nitrogens is 1. The van der Waals surface area contributed by atoms with E-state index in [1.807, 2.05) is 0 Å². The number of alkyl halides is 3. The summed E-state index contributed by atoms with van der Waals surface area (Å²) in [6.45, 7) is 0. The van der Waals surface area contributed by atoms with Crippen LogP contribution in [-0.4, -0.2) is 10.8 Å². The number of halogens is 4. The van der Waals surface area contributed by atoms with Crippen molar-refractivity contribution in [2.75, 3.05) is 0 Å². The number of Topliss-reactive ketones (excluding diaryl/α,β-unsaturated/α-hetero) is 1. The van der Waals surface area contributed by atoms with Crippen LogP contribution < -0.4 is 0 Å². The van der Waals surface area contributed by atoms with Crippen molar-refractivity contribution in [3.63, 3.8) is 0 Å². The number of hydrogen-bond donors (Lipinski definition) is 0. The molecule has 2 nitrogen and oxygen atoms in total. The van der Waals surface area contributed by atoms with Crippen LogP contribution in [0.1, 0.15) is 20.9 Å². The molecular formula is C12H7BrF3NOS. The van der Waals surface area contributed by atoms with Gasteiger partial charge in [-0.2, -0.15) is 13.2 Å². The molecule has 0 saturated carbocycles. The van der Waals surface area contributed by atoms with Crippen molar-refractivity contribution in [3.8, 4) is 0 Å². The van der Waals surface area contributed by atoms with Gasteiger partial charge in [-0.3, -0.25) is 4.79 Å². The van der Waals surface area contributed by atoms with Crippen LogP contribution in [0.5, 0.6) is 0 Å². The minimum atomic E-state index is -4.56. The minimum Gasteiger partial charge on any atom is -0.294 e. The van der Waals surface area contributed by atoms with Crippen LogP contribution in [0.2, 0.25) is 0 Å². The molecule has 0 bridgehead atoms. The van der Waals surface area contributed by atoms with Gasteiger partial charge in [-0.1, -0.05) is 15.9 Å². The maximum Gasteiger partial charge on any atom is 0.417 e. The van der Waals surface area contributed by atoms with Crippen LogP contribution in [0.3, 0.4) is 0 Å². The smallest absolute Gasteiger partial charge is 0.294 e. The zero-order valence-corrected chi connectivity index (χ0v) is 11.8. The monoisotopic (exact) mass is 349 g/mol. The van der Waals surface area contributed by atoms with Crippen LogP contribution in [0.15, 0.2) is 34.2 Å². The van der Waals surface area contributed by atoms with Crippen molar-refractivity contribution in [3.05, 3.63) is 50.4 Å². The van der Waals surface area contributed by atoms with Gasteiger partial charge in [-0.25, -0.2) is 4.98 Å².